The van der Waals surface area contributed by atoms with E-state index in [1.807, 2.05) is 0 Å². The van der Waals surface area contributed by atoms with Crippen LogP contribution in [-0.4, -0.2) is 42.1 Å². The molecule has 3 rings (SSSR count). The van der Waals surface area contributed by atoms with Crippen molar-refractivity contribution < 1.29 is 18.0 Å². The number of hydrogen-bond acceptors (Lipinski definition) is 5. The fourth-order valence-electron chi connectivity index (χ4n) is 2.68. The molecule has 1 aliphatic heterocycles. The minimum absolute atomic E-state index is 0.0197. The highest BCUT2D eigenvalue weighted by Gasteiger charge is 2.39. The van der Waals surface area contributed by atoms with Crippen LogP contribution in [0.4, 0.5) is 5.69 Å². The molecule has 1 heterocycles. The molecule has 2 aromatic rings. The van der Waals surface area contributed by atoms with Gasteiger partial charge in [0.25, 0.3) is 10.0 Å². The number of hydrogen-bond donors (Lipinski definition) is 1. The van der Waals surface area contributed by atoms with Crippen molar-refractivity contribution in [1.29, 1.82) is 0 Å². The molecule has 1 fully saturated rings. The molecule has 0 radical (unpaired) electrons. The Morgan fingerprint density at radius 1 is 1.20 bits per heavy atom. The summed E-state index contributed by atoms with van der Waals surface area (Å²) in [7, 11) is -3.99. The number of carbonyl (C=O) groups is 2. The van der Waals surface area contributed by atoms with Gasteiger partial charge in [0, 0.05) is 28.1 Å². The second-order valence-corrected chi connectivity index (χ2v) is 10.4. The van der Waals surface area contributed by atoms with E-state index >= 15 is 0 Å². The maximum absolute atomic E-state index is 12.7. The number of anilines is 1. The van der Waals surface area contributed by atoms with E-state index in [1.165, 1.54) is 17.0 Å². The molecular weight excluding hydrogens is 514 g/mol. The first-order valence-electron chi connectivity index (χ1n) is 8.83. The van der Waals surface area contributed by atoms with Gasteiger partial charge in [-0.1, -0.05) is 39.3 Å². The molecule has 0 aromatic heterocycles. The molecule has 0 spiro atoms. The van der Waals surface area contributed by atoms with Crippen molar-refractivity contribution in [3.05, 3.63) is 58.0 Å². The van der Waals surface area contributed by atoms with Crippen LogP contribution in [0.15, 0.2) is 62.3 Å². The van der Waals surface area contributed by atoms with E-state index in [9.17, 15) is 18.0 Å². The molecule has 1 unspecified atom stereocenters. The zero-order valence-electron chi connectivity index (χ0n) is 15.7. The number of sulfonamides is 1. The molecule has 0 bridgehead atoms. The van der Waals surface area contributed by atoms with Gasteiger partial charge in [-0.3, -0.25) is 14.5 Å². The largest absolute Gasteiger partial charge is 0.326 e. The van der Waals surface area contributed by atoms with Crippen LogP contribution in [-0.2, 0) is 19.6 Å². The molecule has 2 amide bonds. The molecule has 2 aromatic carbocycles. The Labute approximate surface area is 192 Å². The second-order valence-electron chi connectivity index (χ2n) is 6.25. The van der Waals surface area contributed by atoms with Crippen molar-refractivity contribution in [1.82, 2.24) is 4.90 Å². The summed E-state index contributed by atoms with van der Waals surface area (Å²) in [4.78, 5) is 26.3. The lowest BCUT2D eigenvalue weighted by Crippen LogP contribution is -2.33. The number of amidine groups is 1. The lowest BCUT2D eigenvalue weighted by Gasteiger charge is -2.13. The van der Waals surface area contributed by atoms with Crippen LogP contribution in [0.5, 0.6) is 0 Å². The number of rotatable bonds is 6. The second kappa shape index (κ2) is 9.51. The van der Waals surface area contributed by atoms with Gasteiger partial charge in [0.1, 0.15) is 5.25 Å². The average molecular weight is 531 g/mol. The van der Waals surface area contributed by atoms with E-state index in [2.05, 4.69) is 25.6 Å². The highest BCUT2D eigenvalue weighted by molar-refractivity contribution is 9.10. The molecule has 30 heavy (non-hydrogen) atoms. The number of halogens is 2. The van der Waals surface area contributed by atoms with Gasteiger partial charge >= 0.3 is 0 Å². The molecule has 11 heteroatoms. The van der Waals surface area contributed by atoms with Gasteiger partial charge in [-0.2, -0.15) is 8.42 Å². The summed E-state index contributed by atoms with van der Waals surface area (Å²) >= 11 is 10.1. The smallest absolute Gasteiger partial charge is 0.284 e. The van der Waals surface area contributed by atoms with Crippen LogP contribution in [0, 0.1) is 0 Å². The first-order chi connectivity index (χ1) is 14.2. The SMILES string of the molecule is CCN1C(=O)C(CC(=O)Nc2ccc(Cl)cc2)SC1=NS(=O)(=O)c1ccc(Br)cc1. The van der Waals surface area contributed by atoms with Gasteiger partial charge in [-0.25, -0.2) is 0 Å². The first kappa shape index (κ1) is 22.8. The van der Waals surface area contributed by atoms with E-state index < -0.39 is 15.3 Å². The summed E-state index contributed by atoms with van der Waals surface area (Å²) in [5.74, 6) is -0.713. The van der Waals surface area contributed by atoms with Crippen molar-refractivity contribution in [2.45, 2.75) is 23.5 Å². The molecule has 7 nitrogen and oxygen atoms in total. The Kier molecular flexibility index (Phi) is 7.22. The fraction of sp³-hybridized carbons (Fsp3) is 0.211. The van der Waals surface area contributed by atoms with Crippen molar-refractivity contribution in [2.24, 2.45) is 4.40 Å². The summed E-state index contributed by atoms with van der Waals surface area (Å²) in [6.45, 7) is 1.96. The van der Waals surface area contributed by atoms with Gasteiger partial charge in [-0.15, -0.1) is 4.40 Å². The predicted octanol–water partition coefficient (Wildman–Crippen LogP) is 4.14. The summed E-state index contributed by atoms with van der Waals surface area (Å²) < 4.78 is 29.8. The van der Waals surface area contributed by atoms with Gasteiger partial charge < -0.3 is 5.32 Å². The van der Waals surface area contributed by atoms with Crippen molar-refractivity contribution in [2.75, 3.05) is 11.9 Å². The van der Waals surface area contributed by atoms with Gasteiger partial charge in [0.05, 0.1) is 4.90 Å². The molecule has 158 valence electrons. The zero-order valence-corrected chi connectivity index (χ0v) is 19.7. The lowest BCUT2D eigenvalue weighted by atomic mass is 10.2. The van der Waals surface area contributed by atoms with E-state index in [0.717, 1.165) is 16.2 Å². The van der Waals surface area contributed by atoms with Crippen LogP contribution in [0.1, 0.15) is 13.3 Å². The molecule has 1 N–H and O–H groups in total. The number of amides is 2. The summed E-state index contributed by atoms with van der Waals surface area (Å²) in [5, 5.41) is 2.55. The zero-order chi connectivity index (χ0) is 21.9. The number of nitrogens with zero attached hydrogens (tertiary/aromatic N) is 2. The molecule has 1 aliphatic rings. The normalized spacial score (nSPS) is 18.1. The summed E-state index contributed by atoms with van der Waals surface area (Å²) in [6.07, 6.45) is -0.111. The standard InChI is InChI=1S/C19H17BrClN3O4S2/c1-2-24-18(26)16(11-17(25)22-14-7-5-13(21)6-8-14)29-19(24)23-30(27,28)15-9-3-12(20)4-10-15/h3-10,16H,2,11H2,1H3,(H,22,25). The average Bonchev–Trinajstić information content (AvgIpc) is 2.97. The first-order valence-corrected chi connectivity index (χ1v) is 12.3. The van der Waals surface area contributed by atoms with Crippen LogP contribution >= 0.6 is 39.3 Å². The number of thioether (sulfide) groups is 1. The maximum Gasteiger partial charge on any atom is 0.284 e. The Morgan fingerprint density at radius 2 is 1.83 bits per heavy atom. The number of carbonyl (C=O) groups excluding carboxylic acids is 2. The third-order valence-electron chi connectivity index (χ3n) is 4.14. The summed E-state index contributed by atoms with van der Waals surface area (Å²) in [5.41, 5.74) is 0.555. The molecule has 0 aliphatic carbocycles. The highest BCUT2D eigenvalue weighted by Crippen LogP contribution is 2.31. The van der Waals surface area contributed by atoms with Crippen molar-refractivity contribution in [3.8, 4) is 0 Å². The van der Waals surface area contributed by atoms with Gasteiger partial charge in [0.2, 0.25) is 11.8 Å². The fourth-order valence-corrected chi connectivity index (χ4v) is 5.49. The lowest BCUT2D eigenvalue weighted by molar-refractivity contribution is -0.128. The van der Waals surface area contributed by atoms with Crippen molar-refractivity contribution >= 4 is 72.0 Å². The Morgan fingerprint density at radius 3 is 2.43 bits per heavy atom. The van der Waals surface area contributed by atoms with E-state index in [-0.39, 0.29) is 34.8 Å². The Bertz CT molecular complexity index is 1090. The van der Waals surface area contributed by atoms with E-state index in [0.29, 0.717) is 10.7 Å². The minimum Gasteiger partial charge on any atom is -0.326 e. The Hall–Kier alpha value is -1.88. The van der Waals surface area contributed by atoms with E-state index in [1.54, 1.807) is 43.3 Å². The topological polar surface area (TPSA) is 95.9 Å². The molecule has 0 saturated carbocycles. The van der Waals surface area contributed by atoms with Crippen LogP contribution < -0.4 is 5.32 Å². The maximum atomic E-state index is 12.7. The van der Waals surface area contributed by atoms with E-state index in [4.69, 9.17) is 11.6 Å². The van der Waals surface area contributed by atoms with Gasteiger partial charge in [-0.05, 0) is 55.5 Å². The quantitative estimate of drug-likeness (QED) is 0.606. The molecule has 1 saturated heterocycles. The number of benzene rings is 2. The van der Waals surface area contributed by atoms with Crippen LogP contribution in [0.3, 0.4) is 0 Å². The predicted molar refractivity (Wildman–Crippen MR) is 122 cm³/mol. The van der Waals surface area contributed by atoms with Crippen LogP contribution in [0.2, 0.25) is 5.02 Å². The third kappa shape index (κ3) is 5.42. The van der Waals surface area contributed by atoms with Crippen LogP contribution in [0.25, 0.3) is 0 Å². The third-order valence-corrected chi connectivity index (χ3v) is 7.50. The van der Waals surface area contributed by atoms with Crippen molar-refractivity contribution in [3.63, 3.8) is 0 Å². The monoisotopic (exact) mass is 529 g/mol. The molecular formula is C19H17BrClN3O4S2. The Balaban J connectivity index is 1.75. The summed E-state index contributed by atoms with van der Waals surface area (Å²) in [6, 6.07) is 12.6. The molecule has 1 atom stereocenters. The highest BCUT2D eigenvalue weighted by atomic mass is 79.9. The number of nitrogens with one attached hydrogen (secondary N) is 1. The van der Waals surface area contributed by atoms with Gasteiger partial charge in [0.15, 0.2) is 5.17 Å². The minimum atomic E-state index is -3.99.